The molecule has 0 unspecified atom stereocenters. The first kappa shape index (κ1) is 18.6. The van der Waals surface area contributed by atoms with E-state index in [0.29, 0.717) is 11.4 Å². The van der Waals surface area contributed by atoms with Gasteiger partial charge >= 0.3 is 0 Å². The Morgan fingerprint density at radius 1 is 1.00 bits per heavy atom. The third kappa shape index (κ3) is 3.97. The Labute approximate surface area is 158 Å². The summed E-state index contributed by atoms with van der Waals surface area (Å²) in [6, 6.07) is 20.4. The Bertz CT molecular complexity index is 990. The smallest absolute Gasteiger partial charge is 0.267 e. The van der Waals surface area contributed by atoms with Crippen LogP contribution in [0.5, 0.6) is 0 Å². The summed E-state index contributed by atoms with van der Waals surface area (Å²) in [4.78, 5) is 25.3. The summed E-state index contributed by atoms with van der Waals surface area (Å²) in [5.74, 6) is -0.299. The van der Waals surface area contributed by atoms with Gasteiger partial charge in [-0.25, -0.2) is 4.68 Å². The van der Waals surface area contributed by atoms with Crippen molar-refractivity contribution in [2.75, 3.05) is 5.32 Å². The summed E-state index contributed by atoms with van der Waals surface area (Å²) < 4.78 is 1.24. The van der Waals surface area contributed by atoms with Crippen LogP contribution >= 0.6 is 0 Å². The van der Waals surface area contributed by atoms with Crippen LogP contribution in [0.2, 0.25) is 0 Å². The van der Waals surface area contributed by atoms with Crippen LogP contribution in [-0.2, 0) is 16.8 Å². The maximum atomic E-state index is 12.9. The van der Waals surface area contributed by atoms with Gasteiger partial charge in [-0.2, -0.15) is 5.10 Å². The highest BCUT2D eigenvalue weighted by molar-refractivity contribution is 5.96. The first-order valence-corrected chi connectivity index (χ1v) is 8.98. The number of anilines is 1. The molecule has 2 aromatic carbocycles. The second kappa shape index (κ2) is 7.58. The van der Waals surface area contributed by atoms with Gasteiger partial charge < -0.3 is 5.32 Å². The zero-order chi connectivity index (χ0) is 19.4. The lowest BCUT2D eigenvalue weighted by Gasteiger charge is -2.25. The van der Waals surface area contributed by atoms with Crippen LogP contribution in [0.4, 0.5) is 5.69 Å². The predicted octanol–water partition coefficient (Wildman–Crippen LogP) is 3.85. The van der Waals surface area contributed by atoms with Gasteiger partial charge in [0.2, 0.25) is 0 Å². The standard InChI is InChI=1S/C22H23N3O2/c1-4-16-10-12-18(13-11-16)23-21(27)22(2,3)25-20(26)15-14-19(24-25)17-8-6-5-7-9-17/h5-15H,4H2,1-3H3,(H,23,27). The Morgan fingerprint density at radius 2 is 1.67 bits per heavy atom. The van der Waals surface area contributed by atoms with E-state index in [1.165, 1.54) is 16.3 Å². The van der Waals surface area contributed by atoms with Crippen molar-refractivity contribution in [1.82, 2.24) is 9.78 Å². The minimum Gasteiger partial charge on any atom is -0.324 e. The summed E-state index contributed by atoms with van der Waals surface area (Å²) in [7, 11) is 0. The Kier molecular flexibility index (Phi) is 5.21. The maximum absolute atomic E-state index is 12.9. The molecule has 0 saturated heterocycles. The molecule has 0 aliphatic heterocycles. The van der Waals surface area contributed by atoms with Crippen molar-refractivity contribution in [2.24, 2.45) is 0 Å². The van der Waals surface area contributed by atoms with Gasteiger partial charge in [-0.3, -0.25) is 9.59 Å². The topological polar surface area (TPSA) is 64.0 Å². The number of hydrogen-bond acceptors (Lipinski definition) is 3. The summed E-state index contributed by atoms with van der Waals surface area (Å²) >= 11 is 0. The molecule has 1 aromatic heterocycles. The molecule has 1 N–H and O–H groups in total. The fourth-order valence-electron chi connectivity index (χ4n) is 2.78. The van der Waals surface area contributed by atoms with E-state index in [0.717, 1.165) is 12.0 Å². The highest BCUT2D eigenvalue weighted by atomic mass is 16.2. The fourth-order valence-corrected chi connectivity index (χ4v) is 2.78. The highest BCUT2D eigenvalue weighted by Gasteiger charge is 2.32. The molecule has 0 aliphatic carbocycles. The predicted molar refractivity (Wildman–Crippen MR) is 108 cm³/mol. The molecular weight excluding hydrogens is 338 g/mol. The lowest BCUT2D eigenvalue weighted by Crippen LogP contribution is -2.47. The van der Waals surface area contributed by atoms with E-state index < -0.39 is 5.54 Å². The number of aromatic nitrogens is 2. The number of hydrogen-bond donors (Lipinski definition) is 1. The van der Waals surface area contributed by atoms with Crippen LogP contribution in [0.1, 0.15) is 26.3 Å². The van der Waals surface area contributed by atoms with Crippen LogP contribution in [0.3, 0.4) is 0 Å². The second-order valence-electron chi connectivity index (χ2n) is 6.90. The second-order valence-corrected chi connectivity index (χ2v) is 6.90. The van der Waals surface area contributed by atoms with E-state index >= 15 is 0 Å². The van der Waals surface area contributed by atoms with Crippen LogP contribution in [0.15, 0.2) is 71.5 Å². The van der Waals surface area contributed by atoms with E-state index in [9.17, 15) is 9.59 Å². The summed E-state index contributed by atoms with van der Waals surface area (Å²) in [5.41, 5.74) is 1.95. The average Bonchev–Trinajstić information content (AvgIpc) is 2.69. The normalized spacial score (nSPS) is 11.2. The van der Waals surface area contributed by atoms with Crippen LogP contribution < -0.4 is 10.9 Å². The summed E-state index contributed by atoms with van der Waals surface area (Å²) in [5, 5.41) is 7.33. The molecule has 5 nitrogen and oxygen atoms in total. The van der Waals surface area contributed by atoms with Crippen molar-refractivity contribution in [3.05, 3.63) is 82.6 Å². The maximum Gasteiger partial charge on any atom is 0.267 e. The number of benzene rings is 2. The Hall–Kier alpha value is -3.21. The number of aryl methyl sites for hydroxylation is 1. The molecule has 138 valence electrons. The van der Waals surface area contributed by atoms with E-state index in [2.05, 4.69) is 17.3 Å². The monoisotopic (exact) mass is 361 g/mol. The molecule has 0 fully saturated rings. The van der Waals surface area contributed by atoms with Crippen molar-refractivity contribution in [2.45, 2.75) is 32.7 Å². The Morgan fingerprint density at radius 3 is 2.30 bits per heavy atom. The van der Waals surface area contributed by atoms with Gasteiger partial charge in [0.25, 0.3) is 11.5 Å². The highest BCUT2D eigenvalue weighted by Crippen LogP contribution is 2.20. The lowest BCUT2D eigenvalue weighted by atomic mass is 10.0. The van der Waals surface area contributed by atoms with Crippen molar-refractivity contribution in [3.63, 3.8) is 0 Å². The number of amides is 1. The van der Waals surface area contributed by atoms with E-state index in [1.807, 2.05) is 54.6 Å². The number of carbonyl (C=O) groups excluding carboxylic acids is 1. The third-order valence-corrected chi connectivity index (χ3v) is 4.58. The number of nitrogens with one attached hydrogen (secondary N) is 1. The number of carbonyl (C=O) groups is 1. The summed E-state index contributed by atoms with van der Waals surface area (Å²) in [6.07, 6.45) is 0.936. The average molecular weight is 361 g/mol. The molecule has 3 aromatic rings. The Balaban J connectivity index is 1.91. The molecule has 27 heavy (non-hydrogen) atoms. The first-order chi connectivity index (χ1) is 12.9. The minimum atomic E-state index is -1.15. The number of rotatable bonds is 5. The minimum absolute atomic E-state index is 0.299. The first-order valence-electron chi connectivity index (χ1n) is 8.98. The molecular formula is C22H23N3O2. The van der Waals surface area contributed by atoms with E-state index in [1.54, 1.807) is 19.9 Å². The summed E-state index contributed by atoms with van der Waals surface area (Å²) in [6.45, 7) is 5.45. The van der Waals surface area contributed by atoms with Gasteiger partial charge in [0, 0.05) is 17.3 Å². The zero-order valence-electron chi connectivity index (χ0n) is 15.8. The van der Waals surface area contributed by atoms with E-state index in [4.69, 9.17) is 0 Å². The molecule has 1 heterocycles. The molecule has 3 rings (SSSR count). The quantitative estimate of drug-likeness (QED) is 0.751. The van der Waals surface area contributed by atoms with Gasteiger partial charge in [-0.1, -0.05) is 49.4 Å². The van der Waals surface area contributed by atoms with Gasteiger partial charge in [0.1, 0.15) is 5.54 Å². The van der Waals surface area contributed by atoms with Gasteiger partial charge in [0.05, 0.1) is 5.69 Å². The molecule has 0 radical (unpaired) electrons. The van der Waals surface area contributed by atoms with Gasteiger partial charge in [-0.15, -0.1) is 0 Å². The zero-order valence-corrected chi connectivity index (χ0v) is 15.8. The van der Waals surface area contributed by atoms with Crippen LogP contribution in [-0.4, -0.2) is 15.7 Å². The molecule has 5 heteroatoms. The van der Waals surface area contributed by atoms with Crippen molar-refractivity contribution < 1.29 is 4.79 Å². The molecule has 0 aliphatic rings. The molecule has 1 amide bonds. The van der Waals surface area contributed by atoms with Crippen LogP contribution in [0.25, 0.3) is 11.3 Å². The third-order valence-electron chi connectivity index (χ3n) is 4.58. The van der Waals surface area contributed by atoms with Crippen molar-refractivity contribution in [3.8, 4) is 11.3 Å². The van der Waals surface area contributed by atoms with Crippen LogP contribution in [0, 0.1) is 0 Å². The largest absolute Gasteiger partial charge is 0.324 e. The van der Waals surface area contributed by atoms with Gasteiger partial charge in [0.15, 0.2) is 0 Å². The molecule has 0 saturated carbocycles. The van der Waals surface area contributed by atoms with Crippen molar-refractivity contribution >= 4 is 11.6 Å². The van der Waals surface area contributed by atoms with E-state index in [-0.39, 0.29) is 11.5 Å². The fraction of sp³-hybridized carbons (Fsp3) is 0.227. The van der Waals surface area contributed by atoms with Crippen molar-refractivity contribution in [1.29, 1.82) is 0 Å². The van der Waals surface area contributed by atoms with Gasteiger partial charge in [-0.05, 0) is 44.0 Å². The SMILES string of the molecule is CCc1ccc(NC(=O)C(C)(C)n2nc(-c3ccccc3)ccc2=O)cc1. The molecule has 0 atom stereocenters. The molecule has 0 spiro atoms. The lowest BCUT2D eigenvalue weighted by molar-refractivity contribution is -0.123. The molecule has 0 bridgehead atoms. The number of nitrogens with zero attached hydrogens (tertiary/aromatic N) is 2.